The Kier molecular flexibility index (Phi) is 6.99. The second kappa shape index (κ2) is 8.76. The van der Waals surface area contributed by atoms with Gasteiger partial charge in [-0.2, -0.15) is 0 Å². The maximum Gasteiger partial charge on any atom is 0.251 e. The first kappa shape index (κ1) is 18.4. The van der Waals surface area contributed by atoms with Gasteiger partial charge in [0.1, 0.15) is 11.9 Å². The molecule has 0 radical (unpaired) electrons. The van der Waals surface area contributed by atoms with Crippen molar-refractivity contribution in [2.24, 2.45) is 0 Å². The highest BCUT2D eigenvalue weighted by atomic mass is 79.9. The molecule has 1 amide bonds. The Morgan fingerprint density at radius 1 is 1.52 bits per heavy atom. The zero-order valence-electron chi connectivity index (χ0n) is 13.6. The van der Waals surface area contributed by atoms with Crippen molar-refractivity contribution in [2.75, 3.05) is 20.3 Å². The van der Waals surface area contributed by atoms with E-state index in [2.05, 4.69) is 15.9 Å². The van der Waals surface area contributed by atoms with Gasteiger partial charge >= 0.3 is 0 Å². The number of halogens is 2. The number of carbonyl (C=O) groups is 1. The molecular formula is C17H23BrFNO3. The molecule has 1 aliphatic heterocycles. The molecule has 2 rings (SSSR count). The van der Waals surface area contributed by atoms with Gasteiger partial charge in [0.15, 0.2) is 0 Å². The molecule has 1 heterocycles. The van der Waals surface area contributed by atoms with Gasteiger partial charge in [0, 0.05) is 30.2 Å². The summed E-state index contributed by atoms with van der Waals surface area (Å²) < 4.78 is 25.8. The molecule has 0 N–H and O–H groups in total. The Balaban J connectivity index is 1.84. The van der Waals surface area contributed by atoms with E-state index < -0.39 is 6.10 Å². The smallest absolute Gasteiger partial charge is 0.251 e. The van der Waals surface area contributed by atoms with Crippen molar-refractivity contribution >= 4 is 21.8 Å². The Hall–Kier alpha value is -0.980. The van der Waals surface area contributed by atoms with E-state index in [4.69, 9.17) is 9.47 Å². The topological polar surface area (TPSA) is 38.8 Å². The van der Waals surface area contributed by atoms with Crippen molar-refractivity contribution in [3.05, 3.63) is 34.1 Å². The largest absolute Gasteiger partial charge is 0.376 e. The molecule has 4 nitrogen and oxygen atoms in total. The average Bonchev–Trinajstić information content (AvgIpc) is 2.56. The van der Waals surface area contributed by atoms with Gasteiger partial charge in [0.2, 0.25) is 0 Å². The average molecular weight is 388 g/mol. The van der Waals surface area contributed by atoms with Crippen molar-refractivity contribution in [2.45, 2.75) is 44.9 Å². The molecule has 1 aromatic rings. The third-order valence-corrected chi connectivity index (χ3v) is 4.44. The van der Waals surface area contributed by atoms with Crippen molar-refractivity contribution in [1.82, 2.24) is 4.90 Å². The van der Waals surface area contributed by atoms with E-state index >= 15 is 0 Å². The molecular weight excluding hydrogens is 365 g/mol. The fraction of sp³-hybridized carbons (Fsp3) is 0.588. The minimum atomic E-state index is -0.569. The number of hydrogen-bond donors (Lipinski definition) is 0. The van der Waals surface area contributed by atoms with E-state index in [1.165, 1.54) is 11.0 Å². The van der Waals surface area contributed by atoms with E-state index in [-0.39, 0.29) is 24.4 Å². The number of nitrogens with zero attached hydrogens (tertiary/aromatic N) is 1. The van der Waals surface area contributed by atoms with Gasteiger partial charge in [-0.1, -0.05) is 15.9 Å². The van der Waals surface area contributed by atoms with Crippen molar-refractivity contribution < 1.29 is 18.7 Å². The Labute approximate surface area is 145 Å². The fourth-order valence-electron chi connectivity index (χ4n) is 2.57. The molecule has 2 unspecified atom stereocenters. The van der Waals surface area contributed by atoms with E-state index in [0.29, 0.717) is 12.2 Å². The molecule has 23 heavy (non-hydrogen) atoms. The molecule has 0 saturated carbocycles. The molecule has 0 spiro atoms. The SMILES string of the molecule is CC(OCC1CCCCO1)C(=O)N(C)Cc1cc(Br)ccc1F. The first-order valence-electron chi connectivity index (χ1n) is 7.89. The minimum absolute atomic E-state index is 0.0758. The van der Waals surface area contributed by atoms with Crippen LogP contribution in [0.3, 0.4) is 0 Å². The van der Waals surface area contributed by atoms with Crippen LogP contribution in [-0.2, 0) is 20.8 Å². The number of likely N-dealkylation sites (N-methyl/N-ethyl adjacent to an activating group) is 1. The number of amides is 1. The van der Waals surface area contributed by atoms with Crippen LogP contribution in [0.1, 0.15) is 31.7 Å². The van der Waals surface area contributed by atoms with Gasteiger partial charge in [-0.05, 0) is 44.4 Å². The predicted molar refractivity (Wildman–Crippen MR) is 89.6 cm³/mol. The molecule has 1 saturated heterocycles. The fourth-order valence-corrected chi connectivity index (χ4v) is 2.98. The lowest BCUT2D eigenvalue weighted by atomic mass is 10.1. The van der Waals surface area contributed by atoms with Crippen LogP contribution in [-0.4, -0.2) is 43.3 Å². The number of hydrogen-bond acceptors (Lipinski definition) is 3. The van der Waals surface area contributed by atoms with Crippen LogP contribution in [0.5, 0.6) is 0 Å². The summed E-state index contributed by atoms with van der Waals surface area (Å²) in [6, 6.07) is 4.70. The lowest BCUT2D eigenvalue weighted by Gasteiger charge is -2.26. The van der Waals surface area contributed by atoms with Crippen LogP contribution in [0, 0.1) is 5.82 Å². The van der Waals surface area contributed by atoms with Crippen LogP contribution < -0.4 is 0 Å². The van der Waals surface area contributed by atoms with Crippen LogP contribution in [0.4, 0.5) is 4.39 Å². The third-order valence-electron chi connectivity index (χ3n) is 3.95. The summed E-state index contributed by atoms with van der Waals surface area (Å²) in [5, 5.41) is 0. The molecule has 0 aliphatic carbocycles. The monoisotopic (exact) mass is 387 g/mol. The standard InChI is InChI=1S/C17H23BrFNO3/c1-12(23-11-15-5-3-4-8-22-15)17(21)20(2)10-13-9-14(18)6-7-16(13)19/h6-7,9,12,15H,3-5,8,10-11H2,1-2H3. The van der Waals surface area contributed by atoms with Gasteiger partial charge < -0.3 is 14.4 Å². The maximum absolute atomic E-state index is 13.8. The Morgan fingerprint density at radius 2 is 2.30 bits per heavy atom. The van der Waals surface area contributed by atoms with Crippen molar-refractivity contribution in [3.8, 4) is 0 Å². The predicted octanol–water partition coefficient (Wildman–Crippen LogP) is 3.52. The summed E-state index contributed by atoms with van der Waals surface area (Å²) in [4.78, 5) is 13.8. The quantitative estimate of drug-likeness (QED) is 0.749. The molecule has 2 atom stereocenters. The van der Waals surface area contributed by atoms with Crippen molar-refractivity contribution in [1.29, 1.82) is 0 Å². The first-order valence-corrected chi connectivity index (χ1v) is 8.68. The summed E-state index contributed by atoms with van der Waals surface area (Å²) in [5.74, 6) is -0.489. The van der Waals surface area contributed by atoms with Crippen LogP contribution in [0.25, 0.3) is 0 Å². The highest BCUT2D eigenvalue weighted by Gasteiger charge is 2.22. The van der Waals surface area contributed by atoms with Crippen LogP contribution >= 0.6 is 15.9 Å². The lowest BCUT2D eigenvalue weighted by molar-refractivity contribution is -0.145. The van der Waals surface area contributed by atoms with Crippen molar-refractivity contribution in [3.63, 3.8) is 0 Å². The molecule has 1 aromatic carbocycles. The van der Waals surface area contributed by atoms with Crippen LogP contribution in [0.15, 0.2) is 22.7 Å². The zero-order chi connectivity index (χ0) is 16.8. The summed E-state index contributed by atoms with van der Waals surface area (Å²) in [5.41, 5.74) is 0.470. The minimum Gasteiger partial charge on any atom is -0.376 e. The van der Waals surface area contributed by atoms with Gasteiger partial charge in [0.25, 0.3) is 5.91 Å². The van der Waals surface area contributed by atoms with Gasteiger partial charge in [-0.25, -0.2) is 4.39 Å². The molecule has 0 bridgehead atoms. The second-order valence-electron chi connectivity index (χ2n) is 5.89. The van der Waals surface area contributed by atoms with E-state index in [9.17, 15) is 9.18 Å². The third kappa shape index (κ3) is 5.55. The molecule has 1 aliphatic rings. The van der Waals surface area contributed by atoms with E-state index in [0.717, 1.165) is 30.3 Å². The summed E-state index contributed by atoms with van der Waals surface area (Å²) in [6.07, 6.45) is 2.71. The Bertz CT molecular complexity index is 535. The maximum atomic E-state index is 13.8. The van der Waals surface area contributed by atoms with E-state index in [1.54, 1.807) is 26.1 Å². The lowest BCUT2D eigenvalue weighted by Crippen LogP contribution is -2.38. The highest BCUT2D eigenvalue weighted by molar-refractivity contribution is 9.10. The van der Waals surface area contributed by atoms with Crippen LogP contribution in [0.2, 0.25) is 0 Å². The molecule has 1 fully saturated rings. The zero-order valence-corrected chi connectivity index (χ0v) is 15.1. The summed E-state index contributed by atoms with van der Waals surface area (Å²) >= 11 is 3.31. The normalized spacial score (nSPS) is 19.4. The number of carbonyl (C=O) groups excluding carboxylic acids is 1. The number of benzene rings is 1. The van der Waals surface area contributed by atoms with Gasteiger partial charge in [-0.15, -0.1) is 0 Å². The van der Waals surface area contributed by atoms with Gasteiger partial charge in [0.05, 0.1) is 12.7 Å². The highest BCUT2D eigenvalue weighted by Crippen LogP contribution is 2.18. The first-order chi connectivity index (χ1) is 11.0. The second-order valence-corrected chi connectivity index (χ2v) is 6.81. The van der Waals surface area contributed by atoms with E-state index in [1.807, 2.05) is 0 Å². The molecule has 6 heteroatoms. The summed E-state index contributed by atoms with van der Waals surface area (Å²) in [6.45, 7) is 3.11. The molecule has 128 valence electrons. The number of ether oxygens (including phenoxy) is 2. The molecule has 0 aromatic heterocycles. The Morgan fingerprint density at radius 3 is 3.00 bits per heavy atom. The number of rotatable bonds is 6. The van der Waals surface area contributed by atoms with Gasteiger partial charge in [-0.3, -0.25) is 4.79 Å². The summed E-state index contributed by atoms with van der Waals surface area (Å²) in [7, 11) is 1.65.